The van der Waals surface area contributed by atoms with Crippen molar-refractivity contribution in [3.05, 3.63) is 0 Å². The monoisotopic (exact) mass is 383 g/mol. The molecular weight excluding hydrogens is 350 g/mol. The zero-order valence-electron chi connectivity index (χ0n) is 16.8. The molecule has 0 aromatic heterocycles. The maximum atomic E-state index is 13.0. The molecule has 3 N–H and O–H groups in total. The van der Waals surface area contributed by atoms with E-state index in [2.05, 4.69) is 27.8 Å². The summed E-state index contributed by atoms with van der Waals surface area (Å²) in [5.41, 5.74) is 0. The highest BCUT2D eigenvalue weighted by Gasteiger charge is 2.42. The number of fused-ring (bicyclic) bond motifs is 1. The van der Waals surface area contributed by atoms with Crippen LogP contribution in [0, 0.1) is 0 Å². The molecule has 4 amide bonds. The second-order valence-corrected chi connectivity index (χ2v) is 7.66. The molecule has 2 saturated heterocycles. The van der Waals surface area contributed by atoms with E-state index >= 15 is 0 Å². The minimum atomic E-state index is -0.590. The van der Waals surface area contributed by atoms with Crippen molar-refractivity contribution in [3.8, 4) is 0 Å². The van der Waals surface area contributed by atoms with Crippen molar-refractivity contribution >= 4 is 17.8 Å². The minimum absolute atomic E-state index is 0.0396. The number of rotatable bonds is 7. The fourth-order valence-corrected chi connectivity index (χ4v) is 3.84. The number of amides is 4. The Hall–Kier alpha value is -1.87. The predicted molar refractivity (Wildman–Crippen MR) is 101 cm³/mol. The van der Waals surface area contributed by atoms with Crippen LogP contribution in [0.3, 0.4) is 0 Å². The highest BCUT2D eigenvalue weighted by atomic mass is 16.5. The quantitative estimate of drug-likeness (QED) is 0.551. The lowest BCUT2D eigenvalue weighted by atomic mass is 10.1. The first kappa shape index (κ1) is 21.4. The van der Waals surface area contributed by atoms with Crippen molar-refractivity contribution in [1.82, 2.24) is 25.8 Å². The minimum Gasteiger partial charge on any atom is -0.375 e. The SMILES string of the molecule is CCCN1C[C@@H]2C[C@H](NC(=O)NC(C)C)CN2C(=O)[C@@H](NC(=O)COC)C1. The van der Waals surface area contributed by atoms with Gasteiger partial charge in [-0.2, -0.15) is 0 Å². The molecule has 154 valence electrons. The van der Waals surface area contributed by atoms with E-state index in [1.807, 2.05) is 18.7 Å². The van der Waals surface area contributed by atoms with Crippen LogP contribution in [0.1, 0.15) is 33.6 Å². The third-order valence-corrected chi connectivity index (χ3v) is 4.81. The largest absolute Gasteiger partial charge is 0.375 e. The van der Waals surface area contributed by atoms with Crippen molar-refractivity contribution in [2.45, 2.75) is 57.8 Å². The van der Waals surface area contributed by atoms with E-state index in [4.69, 9.17) is 4.74 Å². The molecule has 0 aliphatic carbocycles. The van der Waals surface area contributed by atoms with Gasteiger partial charge in [0.25, 0.3) is 0 Å². The Morgan fingerprint density at radius 3 is 2.59 bits per heavy atom. The molecule has 2 heterocycles. The number of urea groups is 1. The van der Waals surface area contributed by atoms with Gasteiger partial charge in [0.15, 0.2) is 0 Å². The Kier molecular flexibility index (Phi) is 7.85. The Morgan fingerprint density at radius 1 is 1.22 bits per heavy atom. The molecular formula is C18H33N5O4. The highest BCUT2D eigenvalue weighted by molar-refractivity contribution is 5.89. The molecule has 2 fully saturated rings. The predicted octanol–water partition coefficient (Wildman–Crippen LogP) is -0.480. The van der Waals surface area contributed by atoms with Crippen molar-refractivity contribution < 1.29 is 19.1 Å². The van der Waals surface area contributed by atoms with Crippen LogP contribution >= 0.6 is 0 Å². The van der Waals surface area contributed by atoms with Gasteiger partial charge in [-0.25, -0.2) is 4.79 Å². The van der Waals surface area contributed by atoms with Crippen LogP contribution in [0.25, 0.3) is 0 Å². The van der Waals surface area contributed by atoms with Crippen LogP contribution < -0.4 is 16.0 Å². The van der Waals surface area contributed by atoms with Gasteiger partial charge in [-0.05, 0) is 33.2 Å². The summed E-state index contributed by atoms with van der Waals surface area (Å²) in [6.45, 7) is 8.41. The topological polar surface area (TPSA) is 103 Å². The van der Waals surface area contributed by atoms with Gasteiger partial charge in [0, 0.05) is 38.8 Å². The summed E-state index contributed by atoms with van der Waals surface area (Å²) in [7, 11) is 1.45. The normalized spacial score (nSPS) is 25.9. The van der Waals surface area contributed by atoms with Gasteiger partial charge >= 0.3 is 6.03 Å². The Labute approximate surface area is 161 Å². The van der Waals surface area contributed by atoms with Gasteiger partial charge in [-0.3, -0.25) is 14.5 Å². The second kappa shape index (κ2) is 9.89. The van der Waals surface area contributed by atoms with E-state index in [0.29, 0.717) is 13.1 Å². The smallest absolute Gasteiger partial charge is 0.315 e. The molecule has 2 rings (SSSR count). The molecule has 9 nitrogen and oxygen atoms in total. The molecule has 0 radical (unpaired) electrons. The van der Waals surface area contributed by atoms with Crippen LogP contribution in [0.2, 0.25) is 0 Å². The molecule has 0 spiro atoms. The zero-order chi connectivity index (χ0) is 20.0. The molecule has 9 heteroatoms. The van der Waals surface area contributed by atoms with E-state index < -0.39 is 6.04 Å². The molecule has 0 saturated carbocycles. The number of nitrogens with one attached hydrogen (secondary N) is 3. The van der Waals surface area contributed by atoms with Crippen molar-refractivity contribution in [2.24, 2.45) is 0 Å². The molecule has 0 unspecified atom stereocenters. The lowest BCUT2D eigenvalue weighted by molar-refractivity contribution is -0.137. The lowest BCUT2D eigenvalue weighted by Crippen LogP contribution is -2.52. The Balaban J connectivity index is 2.06. The maximum Gasteiger partial charge on any atom is 0.315 e. The summed E-state index contributed by atoms with van der Waals surface area (Å²) in [5, 5.41) is 8.57. The number of methoxy groups -OCH3 is 1. The van der Waals surface area contributed by atoms with Crippen LogP contribution in [-0.4, -0.2) is 91.7 Å². The number of nitrogens with zero attached hydrogens (tertiary/aromatic N) is 2. The van der Waals surface area contributed by atoms with Gasteiger partial charge < -0.3 is 25.6 Å². The number of carbonyl (C=O) groups excluding carboxylic acids is 3. The van der Waals surface area contributed by atoms with Crippen molar-refractivity contribution in [2.75, 3.05) is 39.9 Å². The number of ether oxygens (including phenoxy) is 1. The lowest BCUT2D eigenvalue weighted by Gasteiger charge is -2.24. The summed E-state index contributed by atoms with van der Waals surface area (Å²) in [4.78, 5) is 41.0. The first-order valence-corrected chi connectivity index (χ1v) is 9.72. The van der Waals surface area contributed by atoms with E-state index in [9.17, 15) is 14.4 Å². The van der Waals surface area contributed by atoms with Gasteiger partial charge in [0.1, 0.15) is 12.6 Å². The van der Waals surface area contributed by atoms with Crippen LogP contribution in [0.4, 0.5) is 4.79 Å². The van der Waals surface area contributed by atoms with E-state index in [1.54, 1.807) is 0 Å². The molecule has 27 heavy (non-hydrogen) atoms. The highest BCUT2D eigenvalue weighted by Crippen LogP contribution is 2.23. The van der Waals surface area contributed by atoms with E-state index in [1.165, 1.54) is 7.11 Å². The summed E-state index contributed by atoms with van der Waals surface area (Å²) in [6, 6.07) is -0.797. The van der Waals surface area contributed by atoms with Gasteiger partial charge in [-0.1, -0.05) is 6.92 Å². The fraction of sp³-hybridized carbons (Fsp3) is 0.833. The second-order valence-electron chi connectivity index (χ2n) is 7.66. The van der Waals surface area contributed by atoms with Crippen molar-refractivity contribution in [3.63, 3.8) is 0 Å². The van der Waals surface area contributed by atoms with E-state index in [-0.39, 0.29) is 42.6 Å². The fourth-order valence-electron chi connectivity index (χ4n) is 3.84. The van der Waals surface area contributed by atoms with Crippen LogP contribution in [-0.2, 0) is 14.3 Å². The van der Waals surface area contributed by atoms with Gasteiger partial charge in [-0.15, -0.1) is 0 Å². The molecule has 0 bridgehead atoms. The summed E-state index contributed by atoms with van der Waals surface area (Å²) in [6.07, 6.45) is 1.69. The first-order valence-electron chi connectivity index (χ1n) is 9.72. The Bertz CT molecular complexity index is 542. The molecule has 0 aromatic carbocycles. The molecule has 0 aromatic rings. The molecule has 3 atom stereocenters. The van der Waals surface area contributed by atoms with Crippen LogP contribution in [0.15, 0.2) is 0 Å². The van der Waals surface area contributed by atoms with Crippen LogP contribution in [0.5, 0.6) is 0 Å². The molecule has 2 aliphatic heterocycles. The summed E-state index contributed by atoms with van der Waals surface area (Å²) < 4.78 is 4.86. The average Bonchev–Trinajstić information content (AvgIpc) is 2.90. The number of carbonyl (C=O) groups is 3. The van der Waals surface area contributed by atoms with Gasteiger partial charge in [0.2, 0.25) is 11.8 Å². The third kappa shape index (κ3) is 6.07. The Morgan fingerprint density at radius 2 is 1.96 bits per heavy atom. The summed E-state index contributed by atoms with van der Waals surface area (Å²) >= 11 is 0. The first-order chi connectivity index (χ1) is 12.8. The van der Waals surface area contributed by atoms with E-state index in [0.717, 1.165) is 25.9 Å². The average molecular weight is 383 g/mol. The standard InChI is InChI=1S/C18H33N5O4/c1-5-6-22-9-14-7-13(20-18(26)19-12(2)3)8-23(14)17(25)15(10-22)21-16(24)11-27-4/h12-15H,5-11H2,1-4H3,(H,21,24)(H2,19,20,26)/t13-,14-,15-/m0/s1. The van der Waals surface area contributed by atoms with Crippen molar-refractivity contribution in [1.29, 1.82) is 0 Å². The zero-order valence-corrected chi connectivity index (χ0v) is 16.8. The number of hydrogen-bond donors (Lipinski definition) is 3. The van der Waals surface area contributed by atoms with Gasteiger partial charge in [0.05, 0.1) is 6.04 Å². The maximum absolute atomic E-state index is 13.0. The number of hydrogen-bond acceptors (Lipinski definition) is 5. The summed E-state index contributed by atoms with van der Waals surface area (Å²) in [5.74, 6) is -0.382. The molecule has 2 aliphatic rings. The third-order valence-electron chi connectivity index (χ3n) is 4.81.